The third-order valence-electron chi connectivity index (χ3n) is 4.60. The van der Waals surface area contributed by atoms with Gasteiger partial charge in [0.05, 0.1) is 37.2 Å². The Hall–Kier alpha value is -3.81. The van der Waals surface area contributed by atoms with Crippen molar-refractivity contribution in [3.63, 3.8) is 0 Å². The highest BCUT2D eigenvalue weighted by Gasteiger charge is 2.27. The molecule has 4 rings (SSSR count). The second-order valence-corrected chi connectivity index (χ2v) is 6.56. The molecule has 0 saturated heterocycles. The van der Waals surface area contributed by atoms with E-state index in [0.29, 0.717) is 5.95 Å². The number of carbonyl (C=O) groups excluding carboxylic acids is 2. The van der Waals surface area contributed by atoms with Gasteiger partial charge in [-0.05, 0) is 6.07 Å². The van der Waals surface area contributed by atoms with Gasteiger partial charge >= 0.3 is 5.97 Å². The minimum absolute atomic E-state index is 0.0102. The number of carbonyl (C=O) groups is 2. The first-order valence-corrected chi connectivity index (χ1v) is 9.15. The molecule has 0 saturated carbocycles. The number of ether oxygens (including phenoxy) is 1. The van der Waals surface area contributed by atoms with Gasteiger partial charge in [-0.25, -0.2) is 9.97 Å². The Balaban J connectivity index is 1.62. The second-order valence-electron chi connectivity index (χ2n) is 6.56. The van der Waals surface area contributed by atoms with Gasteiger partial charge in [0.15, 0.2) is 0 Å². The van der Waals surface area contributed by atoms with Crippen molar-refractivity contribution in [3.8, 4) is 11.3 Å². The van der Waals surface area contributed by atoms with Crippen molar-refractivity contribution >= 4 is 34.7 Å². The lowest BCUT2D eigenvalue weighted by molar-refractivity contribution is -0.143. The van der Waals surface area contributed by atoms with Crippen molar-refractivity contribution in [1.29, 1.82) is 0 Å². The number of fused-ring (bicyclic) bond motifs is 1. The van der Waals surface area contributed by atoms with E-state index in [0.717, 1.165) is 22.2 Å². The van der Waals surface area contributed by atoms with Gasteiger partial charge in [-0.1, -0.05) is 48.5 Å². The van der Waals surface area contributed by atoms with Crippen LogP contribution in [-0.4, -0.2) is 41.5 Å². The summed E-state index contributed by atoms with van der Waals surface area (Å²) in [5, 5.41) is 6.57. The maximum atomic E-state index is 12.3. The highest BCUT2D eigenvalue weighted by atomic mass is 16.5. The molecule has 0 radical (unpaired) electrons. The molecular formula is C21H19N5O3. The number of benzene rings is 2. The van der Waals surface area contributed by atoms with Gasteiger partial charge in [0, 0.05) is 10.9 Å². The fraction of sp³-hybridized carbons (Fsp3) is 0.190. The molecule has 1 amide bonds. The first-order valence-electron chi connectivity index (χ1n) is 9.15. The van der Waals surface area contributed by atoms with Gasteiger partial charge in [-0.3, -0.25) is 25.2 Å². The Morgan fingerprint density at radius 2 is 1.90 bits per heavy atom. The summed E-state index contributed by atoms with van der Waals surface area (Å²) in [6, 6.07) is 17.5. The smallest absolute Gasteiger partial charge is 0.306 e. The van der Waals surface area contributed by atoms with Crippen molar-refractivity contribution in [2.75, 3.05) is 19.0 Å². The number of methoxy groups -OCH3 is 1. The van der Waals surface area contributed by atoms with Crippen molar-refractivity contribution in [2.24, 2.45) is 10.9 Å². The zero-order valence-corrected chi connectivity index (χ0v) is 15.8. The van der Waals surface area contributed by atoms with Crippen LogP contribution in [0.2, 0.25) is 0 Å². The monoisotopic (exact) mass is 389 g/mol. The molecule has 8 nitrogen and oxygen atoms in total. The zero-order chi connectivity index (χ0) is 20.2. The van der Waals surface area contributed by atoms with Crippen LogP contribution in [-0.2, 0) is 14.3 Å². The molecule has 1 atom stereocenters. The highest BCUT2D eigenvalue weighted by Crippen LogP contribution is 2.27. The van der Waals surface area contributed by atoms with Crippen molar-refractivity contribution < 1.29 is 14.3 Å². The Morgan fingerprint density at radius 3 is 2.66 bits per heavy atom. The molecule has 1 aliphatic heterocycles. The molecule has 0 bridgehead atoms. The molecule has 2 aromatic carbocycles. The summed E-state index contributed by atoms with van der Waals surface area (Å²) in [5.41, 5.74) is 2.52. The minimum Gasteiger partial charge on any atom is -0.469 e. The van der Waals surface area contributed by atoms with Gasteiger partial charge in [0.2, 0.25) is 17.8 Å². The Labute approximate surface area is 167 Å². The van der Waals surface area contributed by atoms with E-state index in [1.54, 1.807) is 0 Å². The van der Waals surface area contributed by atoms with E-state index in [1.165, 1.54) is 7.11 Å². The number of hydrogen-bond acceptors (Lipinski definition) is 7. The molecule has 3 aromatic rings. The number of rotatable bonds is 4. The van der Waals surface area contributed by atoms with Crippen LogP contribution < -0.4 is 10.6 Å². The van der Waals surface area contributed by atoms with Crippen LogP contribution >= 0.6 is 0 Å². The summed E-state index contributed by atoms with van der Waals surface area (Å²) in [6.45, 7) is 0.183. The first kappa shape index (κ1) is 18.5. The Morgan fingerprint density at radius 1 is 1.14 bits per heavy atom. The Kier molecular flexibility index (Phi) is 5.15. The normalized spacial score (nSPS) is 16.1. The average molecular weight is 389 g/mol. The number of para-hydroxylation sites is 1. The van der Waals surface area contributed by atoms with Crippen molar-refractivity contribution in [3.05, 3.63) is 54.6 Å². The maximum Gasteiger partial charge on any atom is 0.306 e. The van der Waals surface area contributed by atoms with E-state index in [-0.39, 0.29) is 24.8 Å². The lowest BCUT2D eigenvalue weighted by Gasteiger charge is -2.21. The fourth-order valence-corrected chi connectivity index (χ4v) is 3.11. The van der Waals surface area contributed by atoms with E-state index >= 15 is 0 Å². The van der Waals surface area contributed by atoms with Crippen LogP contribution in [0.5, 0.6) is 0 Å². The SMILES string of the molecule is COC(=O)C[C@@H]1CN=C(Nc2nc(-c3ccccc3)c3ccccc3n2)NC1=O. The summed E-state index contributed by atoms with van der Waals surface area (Å²) in [6.07, 6.45) is -0.0102. The van der Waals surface area contributed by atoms with Crippen molar-refractivity contribution in [2.45, 2.75) is 6.42 Å². The molecule has 29 heavy (non-hydrogen) atoms. The molecule has 146 valence electrons. The number of aromatic nitrogens is 2. The standard InChI is InChI=1S/C21H19N5O3/c1-29-17(27)11-14-12-22-20(25-19(14)28)26-21-23-16-10-6-5-9-15(16)18(24-21)13-7-3-2-4-8-13/h2-10,14H,11-12H2,1H3,(H2,22,23,24,25,26,28)/t14-/m1/s1. The van der Waals surface area contributed by atoms with Crippen LogP contribution in [0.4, 0.5) is 5.95 Å². The molecule has 0 unspecified atom stereocenters. The highest BCUT2D eigenvalue weighted by molar-refractivity contribution is 6.06. The summed E-state index contributed by atoms with van der Waals surface area (Å²) < 4.78 is 4.62. The van der Waals surface area contributed by atoms with Crippen molar-refractivity contribution in [1.82, 2.24) is 15.3 Å². The molecule has 1 aromatic heterocycles. The Bertz CT molecular complexity index is 1100. The van der Waals surface area contributed by atoms with E-state index < -0.39 is 11.9 Å². The third kappa shape index (κ3) is 4.06. The molecule has 0 fully saturated rings. The average Bonchev–Trinajstić information content (AvgIpc) is 2.75. The second kappa shape index (κ2) is 8.05. The van der Waals surface area contributed by atoms with Crippen LogP contribution in [0.15, 0.2) is 59.6 Å². The number of nitrogens with one attached hydrogen (secondary N) is 2. The molecule has 0 spiro atoms. The summed E-state index contributed by atoms with van der Waals surface area (Å²) >= 11 is 0. The third-order valence-corrected chi connectivity index (χ3v) is 4.60. The molecule has 0 aliphatic carbocycles. The molecule has 2 N–H and O–H groups in total. The number of hydrogen-bond donors (Lipinski definition) is 2. The number of aliphatic imine (C=N–C) groups is 1. The van der Waals surface area contributed by atoms with E-state index in [2.05, 4.69) is 30.3 Å². The molecule has 1 aliphatic rings. The summed E-state index contributed by atoms with van der Waals surface area (Å²) in [4.78, 5) is 37.2. The first-order chi connectivity index (χ1) is 14.1. The number of anilines is 1. The largest absolute Gasteiger partial charge is 0.469 e. The minimum atomic E-state index is -0.551. The van der Waals surface area contributed by atoms with Gasteiger partial charge in [-0.2, -0.15) is 0 Å². The topological polar surface area (TPSA) is 106 Å². The fourth-order valence-electron chi connectivity index (χ4n) is 3.11. The van der Waals surface area contributed by atoms with Crippen LogP contribution in [0, 0.1) is 5.92 Å². The zero-order valence-electron chi connectivity index (χ0n) is 15.8. The lowest BCUT2D eigenvalue weighted by Crippen LogP contribution is -2.45. The quantitative estimate of drug-likeness (QED) is 0.664. The van der Waals surface area contributed by atoms with Crippen LogP contribution in [0.1, 0.15) is 6.42 Å². The number of guanidine groups is 1. The predicted octanol–water partition coefficient (Wildman–Crippen LogP) is 2.37. The number of nitrogens with zero attached hydrogens (tertiary/aromatic N) is 3. The summed E-state index contributed by atoms with van der Waals surface area (Å²) in [7, 11) is 1.29. The lowest BCUT2D eigenvalue weighted by atomic mass is 10.0. The number of esters is 1. The van der Waals surface area contributed by atoms with Crippen LogP contribution in [0.25, 0.3) is 22.2 Å². The van der Waals surface area contributed by atoms with Gasteiger partial charge in [0.1, 0.15) is 0 Å². The predicted molar refractivity (Wildman–Crippen MR) is 109 cm³/mol. The number of amides is 1. The molecule has 2 heterocycles. The van der Waals surface area contributed by atoms with E-state index in [1.807, 2.05) is 54.6 Å². The van der Waals surface area contributed by atoms with Gasteiger partial charge in [0.25, 0.3) is 0 Å². The van der Waals surface area contributed by atoms with E-state index in [4.69, 9.17) is 0 Å². The van der Waals surface area contributed by atoms with Gasteiger partial charge < -0.3 is 4.74 Å². The summed E-state index contributed by atoms with van der Waals surface area (Å²) in [5.74, 6) is -0.706. The van der Waals surface area contributed by atoms with Gasteiger partial charge in [-0.15, -0.1) is 0 Å². The van der Waals surface area contributed by atoms with Crippen LogP contribution in [0.3, 0.4) is 0 Å². The molecular weight excluding hydrogens is 370 g/mol. The molecule has 8 heteroatoms. The maximum absolute atomic E-state index is 12.3. The van der Waals surface area contributed by atoms with E-state index in [9.17, 15) is 9.59 Å².